The van der Waals surface area contributed by atoms with Gasteiger partial charge in [0.15, 0.2) is 0 Å². The predicted octanol–water partition coefficient (Wildman–Crippen LogP) is 2.55. The van der Waals surface area contributed by atoms with Gasteiger partial charge in [-0.2, -0.15) is 0 Å². The third-order valence-electron chi connectivity index (χ3n) is 4.35. The zero-order chi connectivity index (χ0) is 16.8. The summed E-state index contributed by atoms with van der Waals surface area (Å²) < 4.78 is 5.69. The average Bonchev–Trinajstić information content (AvgIpc) is 2.61. The second-order valence-electron chi connectivity index (χ2n) is 6.41. The molecule has 1 heterocycles. The van der Waals surface area contributed by atoms with Gasteiger partial charge in [0.2, 0.25) is 0 Å². The fraction of sp³-hybridized carbons (Fsp3) is 0.400. The average molecular weight is 327 g/mol. The number of likely N-dealkylation sites (tertiary alicyclic amines) is 1. The number of hydrogen-bond acceptors (Lipinski definition) is 4. The fourth-order valence-electron chi connectivity index (χ4n) is 3.11. The van der Waals surface area contributed by atoms with Crippen molar-refractivity contribution in [1.29, 1.82) is 0 Å². The van der Waals surface area contributed by atoms with Gasteiger partial charge in [0.25, 0.3) is 0 Å². The predicted molar refractivity (Wildman–Crippen MR) is 95.1 cm³/mol. The maximum absolute atomic E-state index is 10.1. The van der Waals surface area contributed by atoms with E-state index in [1.807, 2.05) is 42.5 Å². The van der Waals surface area contributed by atoms with Crippen molar-refractivity contribution >= 4 is 0 Å². The van der Waals surface area contributed by atoms with Crippen LogP contribution in [-0.4, -0.2) is 53.6 Å². The Balaban J connectivity index is 1.48. The van der Waals surface area contributed by atoms with Crippen molar-refractivity contribution in [2.75, 3.05) is 26.2 Å². The Morgan fingerprint density at radius 2 is 1.75 bits per heavy atom. The number of benzene rings is 2. The van der Waals surface area contributed by atoms with Crippen molar-refractivity contribution < 1.29 is 14.9 Å². The number of rotatable bonds is 6. The van der Waals surface area contributed by atoms with E-state index in [0.29, 0.717) is 13.1 Å². The van der Waals surface area contributed by atoms with Crippen molar-refractivity contribution in [3.63, 3.8) is 0 Å². The number of piperidine rings is 1. The molecule has 2 atom stereocenters. The molecule has 1 fully saturated rings. The second-order valence-corrected chi connectivity index (χ2v) is 6.41. The quantitative estimate of drug-likeness (QED) is 0.856. The molecule has 0 saturated carbocycles. The van der Waals surface area contributed by atoms with E-state index in [2.05, 4.69) is 17.0 Å². The molecule has 0 radical (unpaired) electrons. The first-order chi connectivity index (χ1) is 11.7. The topological polar surface area (TPSA) is 52.9 Å². The third-order valence-corrected chi connectivity index (χ3v) is 4.35. The Morgan fingerprint density at radius 3 is 2.46 bits per heavy atom. The molecule has 0 aliphatic carbocycles. The van der Waals surface area contributed by atoms with Crippen LogP contribution in [0.1, 0.15) is 12.8 Å². The lowest BCUT2D eigenvalue weighted by atomic mass is 10.1. The lowest BCUT2D eigenvalue weighted by Crippen LogP contribution is -2.43. The zero-order valence-electron chi connectivity index (χ0n) is 13.8. The molecule has 2 aromatic carbocycles. The highest BCUT2D eigenvalue weighted by Gasteiger charge is 2.20. The van der Waals surface area contributed by atoms with Crippen LogP contribution in [0.25, 0.3) is 11.1 Å². The van der Waals surface area contributed by atoms with Gasteiger partial charge in [-0.15, -0.1) is 0 Å². The van der Waals surface area contributed by atoms with E-state index in [9.17, 15) is 10.2 Å². The second kappa shape index (κ2) is 8.29. The number of ether oxygens (including phenoxy) is 1. The van der Waals surface area contributed by atoms with Crippen molar-refractivity contribution in [1.82, 2.24) is 4.90 Å². The minimum Gasteiger partial charge on any atom is -0.491 e. The van der Waals surface area contributed by atoms with Crippen LogP contribution in [-0.2, 0) is 0 Å². The molecule has 2 N–H and O–H groups in total. The monoisotopic (exact) mass is 327 g/mol. The molecule has 1 aliphatic rings. The van der Waals surface area contributed by atoms with Gasteiger partial charge in [-0.3, -0.25) is 4.90 Å². The minimum absolute atomic E-state index is 0.261. The summed E-state index contributed by atoms with van der Waals surface area (Å²) >= 11 is 0. The Morgan fingerprint density at radius 1 is 1.04 bits per heavy atom. The van der Waals surface area contributed by atoms with Gasteiger partial charge in [0.05, 0.1) is 6.10 Å². The SMILES string of the molecule is O[C@@H]1CCCN(C[C@H](O)COc2ccc(-c3ccccc3)cc2)C1. The van der Waals surface area contributed by atoms with Crippen molar-refractivity contribution in [2.24, 2.45) is 0 Å². The smallest absolute Gasteiger partial charge is 0.119 e. The molecular formula is C20H25NO3. The molecule has 0 bridgehead atoms. The molecule has 24 heavy (non-hydrogen) atoms. The highest BCUT2D eigenvalue weighted by atomic mass is 16.5. The number of aliphatic hydroxyl groups excluding tert-OH is 2. The molecule has 0 aromatic heterocycles. The van der Waals surface area contributed by atoms with Gasteiger partial charge >= 0.3 is 0 Å². The van der Waals surface area contributed by atoms with E-state index in [-0.39, 0.29) is 12.7 Å². The van der Waals surface area contributed by atoms with Gasteiger partial charge in [-0.1, -0.05) is 42.5 Å². The van der Waals surface area contributed by atoms with Crippen LogP contribution >= 0.6 is 0 Å². The number of nitrogens with zero attached hydrogens (tertiary/aromatic N) is 1. The maximum atomic E-state index is 10.1. The standard InChI is InChI=1S/C20H25NO3/c22-18-7-4-12-21(13-18)14-19(23)15-24-20-10-8-17(9-11-20)16-5-2-1-3-6-16/h1-3,5-6,8-11,18-19,22-23H,4,7,12-15H2/t18-,19+/m1/s1. The molecule has 0 spiro atoms. The molecule has 1 saturated heterocycles. The Bertz CT molecular complexity index is 615. The zero-order valence-corrected chi connectivity index (χ0v) is 13.8. The summed E-state index contributed by atoms with van der Waals surface area (Å²) in [7, 11) is 0. The number of β-amino-alcohol motifs (C(OH)–C–C–N with tert-alkyl or cyclic N) is 2. The summed E-state index contributed by atoms with van der Waals surface area (Å²) in [6.07, 6.45) is 1.02. The summed E-state index contributed by atoms with van der Waals surface area (Å²) in [4.78, 5) is 2.10. The molecular weight excluding hydrogens is 302 g/mol. The number of aliphatic hydroxyl groups is 2. The Labute approximate surface area is 143 Å². The van der Waals surface area contributed by atoms with Gasteiger partial charge in [-0.05, 0) is 42.6 Å². The summed E-state index contributed by atoms with van der Waals surface area (Å²) in [5.41, 5.74) is 2.32. The van der Waals surface area contributed by atoms with E-state index < -0.39 is 6.10 Å². The fourth-order valence-corrected chi connectivity index (χ4v) is 3.11. The normalized spacial score (nSPS) is 19.8. The van der Waals surface area contributed by atoms with Crippen molar-refractivity contribution in [2.45, 2.75) is 25.0 Å². The van der Waals surface area contributed by atoms with Crippen LogP contribution in [0.5, 0.6) is 5.75 Å². The molecule has 3 rings (SSSR count). The van der Waals surface area contributed by atoms with Gasteiger partial charge in [0.1, 0.15) is 18.5 Å². The summed E-state index contributed by atoms with van der Waals surface area (Å²) in [5.74, 6) is 0.757. The first kappa shape index (κ1) is 17.0. The lowest BCUT2D eigenvalue weighted by Gasteiger charge is -2.31. The van der Waals surface area contributed by atoms with Crippen molar-refractivity contribution in [3.8, 4) is 16.9 Å². The van der Waals surface area contributed by atoms with Crippen LogP contribution in [0.4, 0.5) is 0 Å². The van der Waals surface area contributed by atoms with Gasteiger partial charge < -0.3 is 14.9 Å². The van der Waals surface area contributed by atoms with E-state index in [4.69, 9.17) is 4.74 Å². The summed E-state index contributed by atoms with van der Waals surface area (Å²) in [6.45, 7) is 2.37. The van der Waals surface area contributed by atoms with Crippen molar-refractivity contribution in [3.05, 3.63) is 54.6 Å². The van der Waals surface area contributed by atoms with Crippen LogP contribution in [0, 0.1) is 0 Å². The van der Waals surface area contributed by atoms with Crippen LogP contribution in [0.15, 0.2) is 54.6 Å². The summed E-state index contributed by atoms with van der Waals surface area (Å²) in [6, 6.07) is 18.1. The van der Waals surface area contributed by atoms with Gasteiger partial charge in [0, 0.05) is 13.1 Å². The van der Waals surface area contributed by atoms with Crippen LogP contribution in [0.2, 0.25) is 0 Å². The summed E-state index contributed by atoms with van der Waals surface area (Å²) in [5, 5.41) is 19.8. The van der Waals surface area contributed by atoms with E-state index >= 15 is 0 Å². The molecule has 4 nitrogen and oxygen atoms in total. The largest absolute Gasteiger partial charge is 0.491 e. The van der Waals surface area contributed by atoms with E-state index in [1.165, 1.54) is 5.56 Å². The first-order valence-corrected chi connectivity index (χ1v) is 8.57. The van der Waals surface area contributed by atoms with E-state index in [0.717, 1.165) is 30.7 Å². The van der Waals surface area contributed by atoms with Crippen LogP contribution in [0.3, 0.4) is 0 Å². The lowest BCUT2D eigenvalue weighted by molar-refractivity contribution is 0.0243. The maximum Gasteiger partial charge on any atom is 0.119 e. The van der Waals surface area contributed by atoms with Crippen LogP contribution < -0.4 is 4.74 Å². The third kappa shape index (κ3) is 4.81. The first-order valence-electron chi connectivity index (χ1n) is 8.57. The highest BCUT2D eigenvalue weighted by molar-refractivity contribution is 5.63. The highest BCUT2D eigenvalue weighted by Crippen LogP contribution is 2.22. The molecule has 2 aromatic rings. The molecule has 4 heteroatoms. The van der Waals surface area contributed by atoms with E-state index in [1.54, 1.807) is 0 Å². The van der Waals surface area contributed by atoms with Gasteiger partial charge in [-0.25, -0.2) is 0 Å². The molecule has 0 amide bonds. The molecule has 0 unspecified atom stereocenters. The minimum atomic E-state index is -0.552. The Kier molecular flexibility index (Phi) is 5.86. The Hall–Kier alpha value is -1.88. The number of hydrogen-bond donors (Lipinski definition) is 2. The molecule has 128 valence electrons. The molecule has 1 aliphatic heterocycles.